The predicted molar refractivity (Wildman–Crippen MR) is 134 cm³/mol. The molecule has 10 nitrogen and oxygen atoms in total. The molecule has 3 saturated heterocycles. The molecule has 3 heterocycles. The summed E-state index contributed by atoms with van der Waals surface area (Å²) in [5.41, 5.74) is -0.267. The van der Waals surface area contributed by atoms with Gasteiger partial charge in [0, 0.05) is 13.0 Å². The molecule has 0 bridgehead atoms. The highest BCUT2D eigenvalue weighted by Crippen LogP contribution is 2.45. The second-order valence-corrected chi connectivity index (χ2v) is 10.7. The van der Waals surface area contributed by atoms with Gasteiger partial charge in [-0.3, -0.25) is 9.59 Å². The van der Waals surface area contributed by atoms with Crippen molar-refractivity contribution in [2.75, 3.05) is 6.61 Å². The average Bonchev–Trinajstić information content (AvgIpc) is 3.61. The van der Waals surface area contributed by atoms with Gasteiger partial charge in [-0.2, -0.15) is 0 Å². The van der Waals surface area contributed by atoms with E-state index in [9.17, 15) is 24.9 Å². The van der Waals surface area contributed by atoms with Gasteiger partial charge in [-0.05, 0) is 52.5 Å². The molecule has 3 aliphatic rings. The van der Waals surface area contributed by atoms with Crippen LogP contribution in [0.15, 0.2) is 36.0 Å². The van der Waals surface area contributed by atoms with E-state index >= 15 is 0 Å². The summed E-state index contributed by atoms with van der Waals surface area (Å²) in [5, 5.41) is 34.2. The van der Waals surface area contributed by atoms with E-state index in [-0.39, 0.29) is 36.7 Å². The monoisotopic (exact) mass is 523 g/mol. The van der Waals surface area contributed by atoms with Gasteiger partial charge in [0.15, 0.2) is 11.4 Å². The van der Waals surface area contributed by atoms with Gasteiger partial charge < -0.3 is 39.6 Å². The molecular weight excluding hydrogens is 482 g/mol. The highest BCUT2D eigenvalue weighted by atomic mass is 16.7. The third-order valence-corrected chi connectivity index (χ3v) is 7.27. The Bertz CT molecular complexity index is 923. The Morgan fingerprint density at radius 1 is 1.22 bits per heavy atom. The molecule has 1 amide bonds. The van der Waals surface area contributed by atoms with Crippen LogP contribution in [0.5, 0.6) is 0 Å². The number of amides is 1. The van der Waals surface area contributed by atoms with Crippen molar-refractivity contribution >= 4 is 11.9 Å². The number of nitrogens with one attached hydrogen (secondary N) is 1. The molecule has 4 N–H and O–H groups in total. The highest BCUT2D eigenvalue weighted by Gasteiger charge is 2.68. The van der Waals surface area contributed by atoms with Gasteiger partial charge in [-0.25, -0.2) is 0 Å². The zero-order chi connectivity index (χ0) is 27.5. The molecule has 1 spiro atoms. The van der Waals surface area contributed by atoms with Crippen molar-refractivity contribution in [2.45, 2.75) is 108 Å². The zero-order valence-corrected chi connectivity index (χ0v) is 22.4. The normalized spacial score (nSPS) is 41.2. The van der Waals surface area contributed by atoms with Crippen molar-refractivity contribution in [3.05, 3.63) is 36.0 Å². The van der Waals surface area contributed by atoms with Crippen LogP contribution in [0, 0.1) is 5.92 Å². The van der Waals surface area contributed by atoms with Crippen molar-refractivity contribution in [3.8, 4) is 0 Å². The molecule has 0 unspecified atom stereocenters. The van der Waals surface area contributed by atoms with E-state index in [2.05, 4.69) is 12.2 Å². The number of hydrogen-bond acceptors (Lipinski definition) is 9. The van der Waals surface area contributed by atoms with Crippen molar-refractivity contribution < 1.29 is 43.9 Å². The minimum absolute atomic E-state index is 0.0263. The van der Waals surface area contributed by atoms with Crippen molar-refractivity contribution in [1.82, 2.24) is 5.32 Å². The van der Waals surface area contributed by atoms with E-state index < -0.39 is 41.8 Å². The Balaban J connectivity index is 1.50. The van der Waals surface area contributed by atoms with Crippen LogP contribution in [0.4, 0.5) is 0 Å². The van der Waals surface area contributed by atoms with Crippen LogP contribution < -0.4 is 5.32 Å². The van der Waals surface area contributed by atoms with Crippen LogP contribution in [-0.2, 0) is 28.5 Å². The van der Waals surface area contributed by atoms with Crippen molar-refractivity contribution in [3.63, 3.8) is 0 Å². The Morgan fingerprint density at radius 3 is 2.51 bits per heavy atom. The third kappa shape index (κ3) is 7.28. The van der Waals surface area contributed by atoms with Crippen LogP contribution in [0.1, 0.15) is 54.4 Å². The van der Waals surface area contributed by atoms with E-state index in [1.54, 1.807) is 19.1 Å². The Morgan fingerprint density at radius 2 is 1.89 bits per heavy atom. The first-order valence-corrected chi connectivity index (χ1v) is 12.8. The number of aliphatic hydroxyl groups excluding tert-OH is 2. The van der Waals surface area contributed by atoms with Crippen LogP contribution >= 0.6 is 0 Å². The number of carbonyl (C=O) groups excluding carboxylic acids is 2. The molecule has 0 radical (unpaired) electrons. The van der Waals surface area contributed by atoms with E-state index in [1.807, 2.05) is 19.9 Å². The van der Waals surface area contributed by atoms with E-state index in [0.29, 0.717) is 6.42 Å². The number of allylic oxidation sites excluding steroid dienone is 2. The fourth-order valence-corrected chi connectivity index (χ4v) is 4.94. The van der Waals surface area contributed by atoms with Crippen molar-refractivity contribution in [2.24, 2.45) is 5.92 Å². The maximum Gasteiger partial charge on any atom is 0.303 e. The summed E-state index contributed by atoms with van der Waals surface area (Å²) in [7, 11) is 0. The lowest BCUT2D eigenvalue weighted by Crippen LogP contribution is -2.65. The molecule has 3 aliphatic heterocycles. The lowest BCUT2D eigenvalue weighted by Gasteiger charge is -2.44. The predicted octanol–water partition coefficient (Wildman–Crippen LogP) is 1.28. The molecule has 3 rings (SSSR count). The summed E-state index contributed by atoms with van der Waals surface area (Å²) in [4.78, 5) is 23.3. The van der Waals surface area contributed by atoms with E-state index in [4.69, 9.17) is 18.9 Å². The lowest BCUT2D eigenvalue weighted by atomic mass is 9.84. The lowest BCUT2D eigenvalue weighted by molar-refractivity contribution is -0.321. The molecule has 0 aliphatic carbocycles. The molecule has 208 valence electrons. The fraction of sp³-hybridized carbons (Fsp3) is 0.704. The van der Waals surface area contributed by atoms with Gasteiger partial charge in [0.2, 0.25) is 5.91 Å². The maximum absolute atomic E-state index is 12.3. The summed E-state index contributed by atoms with van der Waals surface area (Å²) in [6.07, 6.45) is 5.90. The summed E-state index contributed by atoms with van der Waals surface area (Å²) in [6, 6.07) is -0.137. The molecule has 10 heteroatoms. The van der Waals surface area contributed by atoms with Crippen LogP contribution in [0.3, 0.4) is 0 Å². The minimum atomic E-state index is -1.83. The van der Waals surface area contributed by atoms with Gasteiger partial charge in [0.1, 0.15) is 24.4 Å². The van der Waals surface area contributed by atoms with Gasteiger partial charge >= 0.3 is 5.97 Å². The Kier molecular flexibility index (Phi) is 9.36. The summed E-state index contributed by atoms with van der Waals surface area (Å²) in [5.74, 6) is -2.29. The molecular formula is C27H41NO9. The van der Waals surface area contributed by atoms with E-state index in [0.717, 1.165) is 12.0 Å². The SMILES string of the molecule is CC(=O)O[C@@H](C)/C=C\C(=O)N[C@@H]1C[C@H](C)[C@H](C/C=C(C)/C=C/[C@H]2O[C@](C)(O)[C@H](O)[C@@]3(CO3)[C@H]2O)O[C@@H]1C. The number of carbonyl (C=O) groups is 2. The Labute approximate surface area is 218 Å². The quantitative estimate of drug-likeness (QED) is 0.160. The first-order chi connectivity index (χ1) is 17.2. The third-order valence-electron chi connectivity index (χ3n) is 7.27. The zero-order valence-electron chi connectivity index (χ0n) is 22.4. The summed E-state index contributed by atoms with van der Waals surface area (Å²) in [6.45, 7) is 10.5. The average molecular weight is 524 g/mol. The molecule has 3 fully saturated rings. The summed E-state index contributed by atoms with van der Waals surface area (Å²) >= 11 is 0. The van der Waals surface area contributed by atoms with Crippen LogP contribution in [0.25, 0.3) is 0 Å². The minimum Gasteiger partial charge on any atom is -0.459 e. The second kappa shape index (κ2) is 11.8. The smallest absolute Gasteiger partial charge is 0.303 e. The van der Waals surface area contributed by atoms with Gasteiger partial charge in [-0.1, -0.05) is 30.7 Å². The second-order valence-electron chi connectivity index (χ2n) is 10.7. The van der Waals surface area contributed by atoms with E-state index in [1.165, 1.54) is 26.0 Å². The number of rotatable bonds is 8. The first kappa shape index (κ1) is 29.5. The Hall–Kier alpha value is -2.08. The fourth-order valence-electron chi connectivity index (χ4n) is 4.94. The molecule has 0 aromatic carbocycles. The molecule has 37 heavy (non-hydrogen) atoms. The van der Waals surface area contributed by atoms with Crippen molar-refractivity contribution in [1.29, 1.82) is 0 Å². The number of hydrogen-bond donors (Lipinski definition) is 4. The number of epoxide rings is 1. The molecule has 0 aromatic heterocycles. The maximum atomic E-state index is 12.3. The van der Waals surface area contributed by atoms with Crippen LogP contribution in [0.2, 0.25) is 0 Å². The number of ether oxygens (including phenoxy) is 4. The first-order valence-electron chi connectivity index (χ1n) is 12.8. The molecule has 0 aromatic rings. The van der Waals surface area contributed by atoms with Gasteiger partial charge in [0.25, 0.3) is 0 Å². The topological polar surface area (TPSA) is 147 Å². The van der Waals surface area contributed by atoms with Crippen LogP contribution in [-0.4, -0.2) is 87.9 Å². The molecule has 0 saturated carbocycles. The number of esters is 1. The van der Waals surface area contributed by atoms with Gasteiger partial charge in [0.05, 0.1) is 24.9 Å². The highest BCUT2D eigenvalue weighted by molar-refractivity contribution is 5.87. The van der Waals surface area contributed by atoms with Gasteiger partial charge in [-0.15, -0.1) is 0 Å². The largest absolute Gasteiger partial charge is 0.459 e. The standard InChI is InChI=1S/C27H41NO9/c1-15(8-11-22-24(31)27(14-34-27)25(32)26(6,33)37-22)7-10-21-16(2)13-20(18(4)36-21)28-23(30)12-9-17(3)35-19(5)29/h7-9,11-12,16-18,20-22,24-25,31-33H,10,13-14H2,1-6H3,(H,28,30)/b11-8+,12-9-,15-7+/t16-,17-,18+,20+,21-,22+,24-,25-,26-,27+/m0/s1. The summed E-state index contributed by atoms with van der Waals surface area (Å²) < 4.78 is 22.0. The number of aliphatic hydroxyl groups is 3. The molecule has 10 atom stereocenters.